The number of Topliss-reactive ketones (excluding diaryl/α,β-unsaturated/α-hetero) is 1. The first-order valence-corrected chi connectivity index (χ1v) is 8.08. The molecular weight excluding hydrogens is 294 g/mol. The number of ether oxygens (including phenoxy) is 1. The lowest BCUT2D eigenvalue weighted by Crippen LogP contribution is -2.34. The summed E-state index contributed by atoms with van der Waals surface area (Å²) >= 11 is 0. The van der Waals surface area contributed by atoms with Gasteiger partial charge in [-0.25, -0.2) is 4.79 Å². The minimum absolute atomic E-state index is 0.0773. The Hall–Kier alpha value is -2.30. The van der Waals surface area contributed by atoms with E-state index in [0.717, 1.165) is 30.7 Å². The van der Waals surface area contributed by atoms with Crippen LogP contribution in [0.5, 0.6) is 0 Å². The first-order valence-electron chi connectivity index (χ1n) is 8.08. The summed E-state index contributed by atoms with van der Waals surface area (Å²) in [6.45, 7) is 4.16. The van der Waals surface area contributed by atoms with Crippen molar-refractivity contribution < 1.29 is 18.7 Å². The van der Waals surface area contributed by atoms with Crippen LogP contribution in [0.15, 0.2) is 45.4 Å². The summed E-state index contributed by atoms with van der Waals surface area (Å²) in [6, 6.07) is 3.58. The molecule has 0 radical (unpaired) electrons. The normalized spacial score (nSPS) is 21.1. The molecule has 5 nitrogen and oxygen atoms in total. The smallest absolute Gasteiger partial charge is 0.336 e. The number of dihydropyridines is 1. The molecule has 1 aliphatic carbocycles. The molecule has 1 unspecified atom stereocenters. The zero-order chi connectivity index (χ0) is 16.4. The number of rotatable bonds is 4. The first kappa shape index (κ1) is 15.6. The van der Waals surface area contributed by atoms with Gasteiger partial charge in [0.15, 0.2) is 5.78 Å². The number of furan rings is 1. The first-order chi connectivity index (χ1) is 11.1. The van der Waals surface area contributed by atoms with Gasteiger partial charge in [-0.3, -0.25) is 4.79 Å². The summed E-state index contributed by atoms with van der Waals surface area (Å²) < 4.78 is 10.9. The predicted molar refractivity (Wildman–Crippen MR) is 84.4 cm³/mol. The number of carbonyl (C=O) groups excluding carboxylic acids is 2. The van der Waals surface area contributed by atoms with Crippen molar-refractivity contribution in [1.29, 1.82) is 0 Å². The largest absolute Gasteiger partial charge is 0.468 e. The number of carbonyl (C=O) groups is 2. The SMILES string of the molecule is CCCOC(=O)C1=C(C)NC2=C(C(=O)CCC2)C1c1ccco1. The third-order valence-corrected chi connectivity index (χ3v) is 4.26. The molecule has 1 N–H and O–H groups in total. The van der Waals surface area contributed by atoms with Gasteiger partial charge in [0.25, 0.3) is 0 Å². The minimum Gasteiger partial charge on any atom is -0.468 e. The fraction of sp³-hybridized carbons (Fsp3) is 0.444. The molecule has 3 rings (SSSR count). The van der Waals surface area contributed by atoms with Crippen LogP contribution in [0.2, 0.25) is 0 Å². The Bertz CT molecular complexity index is 682. The van der Waals surface area contributed by atoms with Crippen molar-refractivity contribution in [3.8, 4) is 0 Å². The van der Waals surface area contributed by atoms with Crippen molar-refractivity contribution in [3.05, 3.63) is 46.7 Å². The van der Waals surface area contributed by atoms with E-state index in [4.69, 9.17) is 9.15 Å². The van der Waals surface area contributed by atoms with Gasteiger partial charge in [-0.1, -0.05) is 6.92 Å². The molecule has 2 aliphatic rings. The van der Waals surface area contributed by atoms with Gasteiger partial charge in [0.1, 0.15) is 5.76 Å². The summed E-state index contributed by atoms with van der Waals surface area (Å²) in [4.78, 5) is 25.1. The van der Waals surface area contributed by atoms with Crippen molar-refractivity contribution in [1.82, 2.24) is 5.32 Å². The van der Waals surface area contributed by atoms with Gasteiger partial charge >= 0.3 is 5.97 Å². The van der Waals surface area contributed by atoms with E-state index in [0.29, 0.717) is 29.9 Å². The molecule has 0 aromatic carbocycles. The van der Waals surface area contributed by atoms with E-state index in [2.05, 4.69) is 5.32 Å². The highest BCUT2D eigenvalue weighted by Gasteiger charge is 2.40. The summed E-state index contributed by atoms with van der Waals surface area (Å²) in [5.74, 6) is -0.174. The van der Waals surface area contributed by atoms with Gasteiger partial charge in [-0.05, 0) is 38.3 Å². The molecule has 0 fully saturated rings. The lowest BCUT2D eigenvalue weighted by atomic mass is 9.77. The number of allylic oxidation sites excluding steroid dienone is 3. The van der Waals surface area contributed by atoms with E-state index in [1.807, 2.05) is 19.9 Å². The lowest BCUT2D eigenvalue weighted by molar-refractivity contribution is -0.139. The Kier molecular flexibility index (Phi) is 4.37. The van der Waals surface area contributed by atoms with E-state index >= 15 is 0 Å². The van der Waals surface area contributed by atoms with Gasteiger partial charge in [0.05, 0.1) is 24.4 Å². The van der Waals surface area contributed by atoms with E-state index in [1.54, 1.807) is 12.3 Å². The highest BCUT2D eigenvalue weighted by molar-refractivity contribution is 6.03. The standard InChI is InChI=1S/C18H21NO4/c1-3-9-23-18(21)15-11(2)19-12-6-4-7-13(20)16(12)17(15)14-8-5-10-22-14/h5,8,10,17,19H,3-4,6-7,9H2,1-2H3. The van der Waals surface area contributed by atoms with Crippen LogP contribution in [-0.4, -0.2) is 18.4 Å². The Morgan fingerprint density at radius 3 is 2.96 bits per heavy atom. The maximum absolute atomic E-state index is 12.6. The van der Waals surface area contributed by atoms with Crippen LogP contribution in [0, 0.1) is 0 Å². The molecule has 1 aromatic rings. The van der Waals surface area contributed by atoms with E-state index < -0.39 is 5.92 Å². The van der Waals surface area contributed by atoms with Crippen molar-refractivity contribution in [2.75, 3.05) is 6.61 Å². The van der Waals surface area contributed by atoms with Crippen molar-refractivity contribution >= 4 is 11.8 Å². The number of hydrogen-bond acceptors (Lipinski definition) is 5. The fourth-order valence-corrected chi connectivity index (χ4v) is 3.27. The van der Waals surface area contributed by atoms with Crippen molar-refractivity contribution in [3.63, 3.8) is 0 Å². The second-order valence-electron chi connectivity index (χ2n) is 5.92. The highest BCUT2D eigenvalue weighted by atomic mass is 16.5. The Labute approximate surface area is 135 Å². The number of nitrogens with one attached hydrogen (secondary N) is 1. The van der Waals surface area contributed by atoms with E-state index in [-0.39, 0.29) is 11.8 Å². The van der Waals surface area contributed by atoms with Gasteiger partial charge in [-0.2, -0.15) is 0 Å². The molecule has 0 saturated heterocycles. The second-order valence-corrected chi connectivity index (χ2v) is 5.92. The van der Waals surface area contributed by atoms with Gasteiger partial charge in [-0.15, -0.1) is 0 Å². The molecule has 122 valence electrons. The zero-order valence-corrected chi connectivity index (χ0v) is 13.5. The second kappa shape index (κ2) is 6.44. The average Bonchev–Trinajstić information content (AvgIpc) is 3.05. The zero-order valence-electron chi connectivity index (χ0n) is 13.5. The molecular formula is C18H21NO4. The molecule has 1 atom stereocenters. The summed E-state index contributed by atoms with van der Waals surface area (Å²) in [5, 5.41) is 3.24. The molecule has 2 heterocycles. The molecule has 1 aliphatic heterocycles. The van der Waals surface area contributed by atoms with Crippen LogP contribution in [-0.2, 0) is 14.3 Å². The maximum atomic E-state index is 12.6. The third kappa shape index (κ3) is 2.83. The van der Waals surface area contributed by atoms with Crippen LogP contribution < -0.4 is 5.32 Å². The van der Waals surface area contributed by atoms with Gasteiger partial charge in [0, 0.05) is 23.4 Å². The molecule has 0 bridgehead atoms. The summed E-state index contributed by atoms with van der Waals surface area (Å²) in [7, 11) is 0. The summed E-state index contributed by atoms with van der Waals surface area (Å²) in [6.07, 6.45) is 4.47. The molecule has 0 saturated carbocycles. The van der Waals surface area contributed by atoms with Gasteiger partial charge < -0.3 is 14.5 Å². The third-order valence-electron chi connectivity index (χ3n) is 4.26. The molecule has 5 heteroatoms. The Morgan fingerprint density at radius 1 is 1.43 bits per heavy atom. The minimum atomic E-state index is -0.474. The molecule has 0 spiro atoms. The average molecular weight is 315 g/mol. The predicted octanol–water partition coefficient (Wildman–Crippen LogP) is 3.20. The number of esters is 1. The number of hydrogen-bond donors (Lipinski definition) is 1. The van der Waals surface area contributed by atoms with Crippen LogP contribution in [0.4, 0.5) is 0 Å². The van der Waals surface area contributed by atoms with Crippen LogP contribution >= 0.6 is 0 Å². The topological polar surface area (TPSA) is 68.5 Å². The van der Waals surface area contributed by atoms with Crippen molar-refractivity contribution in [2.45, 2.75) is 45.4 Å². The van der Waals surface area contributed by atoms with Crippen LogP contribution in [0.25, 0.3) is 0 Å². The van der Waals surface area contributed by atoms with Gasteiger partial charge in [0.2, 0.25) is 0 Å². The van der Waals surface area contributed by atoms with E-state index in [1.165, 1.54) is 0 Å². The van der Waals surface area contributed by atoms with Crippen molar-refractivity contribution in [2.24, 2.45) is 0 Å². The lowest BCUT2D eigenvalue weighted by Gasteiger charge is -2.32. The molecule has 23 heavy (non-hydrogen) atoms. The fourth-order valence-electron chi connectivity index (χ4n) is 3.27. The Morgan fingerprint density at radius 2 is 2.26 bits per heavy atom. The van der Waals surface area contributed by atoms with Crippen LogP contribution in [0.1, 0.15) is 51.2 Å². The number of ketones is 1. The summed E-state index contributed by atoms with van der Waals surface area (Å²) in [5.41, 5.74) is 2.77. The van der Waals surface area contributed by atoms with Crippen LogP contribution in [0.3, 0.4) is 0 Å². The molecule has 1 aromatic heterocycles. The quantitative estimate of drug-likeness (QED) is 0.864. The monoisotopic (exact) mass is 315 g/mol. The Balaban J connectivity index is 2.06. The molecule has 0 amide bonds. The highest BCUT2D eigenvalue weighted by Crippen LogP contribution is 2.42. The maximum Gasteiger partial charge on any atom is 0.336 e. The van der Waals surface area contributed by atoms with E-state index in [9.17, 15) is 9.59 Å².